The minimum atomic E-state index is 0.461. The molecule has 1 aliphatic rings. The molecule has 0 saturated carbocycles. The largest absolute Gasteiger partial charge is 0.384 e. The van der Waals surface area contributed by atoms with Gasteiger partial charge in [-0.2, -0.15) is 5.26 Å². The van der Waals surface area contributed by atoms with E-state index < -0.39 is 0 Å². The van der Waals surface area contributed by atoms with E-state index in [9.17, 15) is 0 Å². The summed E-state index contributed by atoms with van der Waals surface area (Å²) < 4.78 is 5.57. The standard InChI is InChI=1S/C14H18N2O/c15-11-12-5-1-2-8-14(12)16-9-3-6-13-7-4-10-17-13/h1-2,5,8,13,16H,3-4,6-7,9-10H2. The van der Waals surface area contributed by atoms with Crippen LogP contribution in [0.3, 0.4) is 0 Å². The molecule has 1 unspecified atom stereocenters. The molecule has 17 heavy (non-hydrogen) atoms. The van der Waals surface area contributed by atoms with Gasteiger partial charge in [0.15, 0.2) is 0 Å². The molecule has 2 rings (SSSR count). The third-order valence-corrected chi connectivity index (χ3v) is 3.09. The van der Waals surface area contributed by atoms with E-state index >= 15 is 0 Å². The number of anilines is 1. The number of hydrogen-bond acceptors (Lipinski definition) is 3. The second kappa shape index (κ2) is 6.27. The topological polar surface area (TPSA) is 45.0 Å². The first-order chi connectivity index (χ1) is 8.40. The third-order valence-electron chi connectivity index (χ3n) is 3.09. The monoisotopic (exact) mass is 230 g/mol. The van der Waals surface area contributed by atoms with Crippen LogP contribution >= 0.6 is 0 Å². The molecule has 0 amide bonds. The lowest BCUT2D eigenvalue weighted by Crippen LogP contribution is -2.09. The Hall–Kier alpha value is -1.53. The lowest BCUT2D eigenvalue weighted by Gasteiger charge is -2.10. The summed E-state index contributed by atoms with van der Waals surface area (Å²) in [5, 5.41) is 12.2. The summed E-state index contributed by atoms with van der Waals surface area (Å²) >= 11 is 0. The fraction of sp³-hybridized carbons (Fsp3) is 0.500. The Morgan fingerprint density at radius 1 is 1.41 bits per heavy atom. The predicted molar refractivity (Wildman–Crippen MR) is 67.9 cm³/mol. The molecular formula is C14H18N2O. The third kappa shape index (κ3) is 3.47. The van der Waals surface area contributed by atoms with Gasteiger partial charge in [-0.05, 0) is 37.8 Å². The van der Waals surface area contributed by atoms with Crippen LogP contribution in [0.2, 0.25) is 0 Å². The van der Waals surface area contributed by atoms with Crippen molar-refractivity contribution in [3.63, 3.8) is 0 Å². The molecule has 1 heterocycles. The van der Waals surface area contributed by atoms with Crippen LogP contribution in [0.15, 0.2) is 24.3 Å². The highest BCUT2D eigenvalue weighted by Crippen LogP contribution is 2.17. The number of ether oxygens (including phenoxy) is 1. The van der Waals surface area contributed by atoms with Gasteiger partial charge in [-0.15, -0.1) is 0 Å². The van der Waals surface area contributed by atoms with Crippen molar-refractivity contribution in [3.05, 3.63) is 29.8 Å². The molecule has 0 radical (unpaired) electrons. The highest BCUT2D eigenvalue weighted by Gasteiger charge is 2.14. The van der Waals surface area contributed by atoms with Crippen LogP contribution in [0.25, 0.3) is 0 Å². The zero-order valence-electron chi connectivity index (χ0n) is 9.98. The van der Waals surface area contributed by atoms with Crippen molar-refractivity contribution < 1.29 is 4.74 Å². The van der Waals surface area contributed by atoms with Gasteiger partial charge in [0.1, 0.15) is 6.07 Å². The predicted octanol–water partition coefficient (Wildman–Crippen LogP) is 2.93. The van der Waals surface area contributed by atoms with Crippen LogP contribution in [0.1, 0.15) is 31.2 Å². The van der Waals surface area contributed by atoms with E-state index in [0.717, 1.165) is 31.7 Å². The number of nitriles is 1. The van der Waals surface area contributed by atoms with Gasteiger partial charge in [0.25, 0.3) is 0 Å². The molecule has 90 valence electrons. The van der Waals surface area contributed by atoms with Crippen molar-refractivity contribution in [2.75, 3.05) is 18.5 Å². The summed E-state index contributed by atoms with van der Waals surface area (Å²) in [6.45, 7) is 1.83. The maximum Gasteiger partial charge on any atom is 0.101 e. The molecule has 0 spiro atoms. The summed E-state index contributed by atoms with van der Waals surface area (Å²) in [7, 11) is 0. The molecule has 3 heteroatoms. The number of para-hydroxylation sites is 1. The normalized spacial score (nSPS) is 18.9. The Morgan fingerprint density at radius 2 is 2.29 bits per heavy atom. The van der Waals surface area contributed by atoms with Crippen LogP contribution in [-0.4, -0.2) is 19.3 Å². The second-order valence-corrected chi connectivity index (χ2v) is 4.36. The number of benzene rings is 1. The molecule has 1 N–H and O–H groups in total. The van der Waals surface area contributed by atoms with Crippen LogP contribution in [0.5, 0.6) is 0 Å². The van der Waals surface area contributed by atoms with Gasteiger partial charge in [-0.1, -0.05) is 12.1 Å². The van der Waals surface area contributed by atoms with Crippen molar-refractivity contribution >= 4 is 5.69 Å². The fourth-order valence-corrected chi connectivity index (χ4v) is 2.16. The minimum absolute atomic E-state index is 0.461. The van der Waals surface area contributed by atoms with Crippen LogP contribution < -0.4 is 5.32 Å². The molecule has 1 aromatic rings. The van der Waals surface area contributed by atoms with Crippen molar-refractivity contribution in [2.45, 2.75) is 31.8 Å². The maximum atomic E-state index is 8.94. The van der Waals surface area contributed by atoms with Gasteiger partial charge in [0.05, 0.1) is 17.4 Å². The zero-order chi connectivity index (χ0) is 11.9. The molecule has 3 nitrogen and oxygen atoms in total. The molecule has 0 aliphatic carbocycles. The van der Waals surface area contributed by atoms with Crippen molar-refractivity contribution in [1.29, 1.82) is 5.26 Å². The summed E-state index contributed by atoms with van der Waals surface area (Å²) in [5.41, 5.74) is 1.65. The van der Waals surface area contributed by atoms with Crippen molar-refractivity contribution in [2.24, 2.45) is 0 Å². The highest BCUT2D eigenvalue weighted by atomic mass is 16.5. The van der Waals surface area contributed by atoms with E-state index in [0.29, 0.717) is 11.7 Å². The molecule has 1 fully saturated rings. The van der Waals surface area contributed by atoms with Gasteiger partial charge in [-0.25, -0.2) is 0 Å². The number of hydrogen-bond donors (Lipinski definition) is 1. The highest BCUT2D eigenvalue weighted by molar-refractivity contribution is 5.56. The smallest absolute Gasteiger partial charge is 0.101 e. The first kappa shape index (κ1) is 11.9. The number of nitrogens with one attached hydrogen (secondary N) is 1. The molecule has 1 aromatic carbocycles. The average molecular weight is 230 g/mol. The summed E-state index contributed by atoms with van der Waals surface area (Å²) in [5.74, 6) is 0. The first-order valence-corrected chi connectivity index (χ1v) is 6.25. The number of nitrogens with zero attached hydrogens (tertiary/aromatic N) is 1. The van der Waals surface area contributed by atoms with E-state index in [1.165, 1.54) is 12.8 Å². The second-order valence-electron chi connectivity index (χ2n) is 4.36. The quantitative estimate of drug-likeness (QED) is 0.791. The van der Waals surface area contributed by atoms with E-state index in [1.54, 1.807) is 0 Å². The van der Waals surface area contributed by atoms with E-state index in [-0.39, 0.29) is 0 Å². The first-order valence-electron chi connectivity index (χ1n) is 6.25. The summed E-state index contributed by atoms with van der Waals surface area (Å²) in [6, 6.07) is 9.81. The molecule has 1 atom stereocenters. The Balaban J connectivity index is 1.72. The van der Waals surface area contributed by atoms with Crippen LogP contribution in [0.4, 0.5) is 5.69 Å². The minimum Gasteiger partial charge on any atom is -0.384 e. The van der Waals surface area contributed by atoms with Gasteiger partial charge in [-0.3, -0.25) is 0 Å². The Labute approximate surface area is 102 Å². The van der Waals surface area contributed by atoms with Gasteiger partial charge >= 0.3 is 0 Å². The molecule has 1 aliphatic heterocycles. The van der Waals surface area contributed by atoms with E-state index in [4.69, 9.17) is 10.00 Å². The Morgan fingerprint density at radius 3 is 3.06 bits per heavy atom. The van der Waals surface area contributed by atoms with Crippen LogP contribution in [0, 0.1) is 11.3 Å². The van der Waals surface area contributed by atoms with E-state index in [1.807, 2.05) is 24.3 Å². The van der Waals surface area contributed by atoms with Gasteiger partial charge in [0, 0.05) is 13.2 Å². The molecular weight excluding hydrogens is 212 g/mol. The molecule has 0 bridgehead atoms. The Bertz CT molecular complexity index is 391. The summed E-state index contributed by atoms with van der Waals surface area (Å²) in [4.78, 5) is 0. The zero-order valence-corrected chi connectivity index (χ0v) is 9.98. The SMILES string of the molecule is N#Cc1ccccc1NCCCC1CCCO1. The van der Waals surface area contributed by atoms with Gasteiger partial charge < -0.3 is 10.1 Å². The van der Waals surface area contributed by atoms with Crippen molar-refractivity contribution in [1.82, 2.24) is 0 Å². The maximum absolute atomic E-state index is 8.94. The molecule has 0 aromatic heterocycles. The van der Waals surface area contributed by atoms with Crippen molar-refractivity contribution in [3.8, 4) is 6.07 Å². The fourth-order valence-electron chi connectivity index (χ4n) is 2.16. The van der Waals surface area contributed by atoms with Gasteiger partial charge in [0.2, 0.25) is 0 Å². The molecule has 1 saturated heterocycles. The van der Waals surface area contributed by atoms with Crippen LogP contribution in [-0.2, 0) is 4.74 Å². The lowest BCUT2D eigenvalue weighted by atomic mass is 10.1. The Kier molecular flexibility index (Phi) is 4.40. The average Bonchev–Trinajstić information content (AvgIpc) is 2.88. The summed E-state index contributed by atoms with van der Waals surface area (Å²) in [6.07, 6.45) is 5.07. The van der Waals surface area contributed by atoms with E-state index in [2.05, 4.69) is 11.4 Å². The number of rotatable bonds is 5. The lowest BCUT2D eigenvalue weighted by molar-refractivity contribution is 0.103.